The Morgan fingerprint density at radius 1 is 1.30 bits per heavy atom. The molecule has 1 aliphatic heterocycles. The van der Waals surface area contributed by atoms with Crippen molar-refractivity contribution in [1.29, 1.82) is 0 Å². The van der Waals surface area contributed by atoms with Gasteiger partial charge in [-0.05, 0) is 37.0 Å². The third kappa shape index (κ3) is 3.55. The summed E-state index contributed by atoms with van der Waals surface area (Å²) in [5, 5.41) is 3.56. The fraction of sp³-hybridized carbons (Fsp3) is 0.941. The maximum atomic E-state index is 12.7. The van der Waals surface area contributed by atoms with Crippen LogP contribution in [-0.2, 0) is 4.79 Å². The minimum atomic E-state index is 0.0483. The molecule has 0 radical (unpaired) electrons. The van der Waals surface area contributed by atoms with Crippen LogP contribution in [0.2, 0.25) is 0 Å². The van der Waals surface area contributed by atoms with Crippen molar-refractivity contribution in [2.45, 2.75) is 84.8 Å². The van der Waals surface area contributed by atoms with Crippen molar-refractivity contribution in [2.24, 2.45) is 11.3 Å². The van der Waals surface area contributed by atoms with Gasteiger partial charge in [0, 0.05) is 6.54 Å². The standard InChI is InChI=1S/C17H32N2O/c1-5-15-18-14(11-13(2)3)16(20)19(15)12-17(4)9-7-6-8-10-17/h13-15,18H,5-12H2,1-4H3. The summed E-state index contributed by atoms with van der Waals surface area (Å²) in [4.78, 5) is 14.8. The van der Waals surface area contributed by atoms with E-state index < -0.39 is 0 Å². The van der Waals surface area contributed by atoms with E-state index in [9.17, 15) is 4.79 Å². The van der Waals surface area contributed by atoms with Crippen LogP contribution < -0.4 is 5.32 Å². The van der Waals surface area contributed by atoms with Gasteiger partial charge in [-0.15, -0.1) is 0 Å². The van der Waals surface area contributed by atoms with Gasteiger partial charge >= 0.3 is 0 Å². The largest absolute Gasteiger partial charge is 0.325 e. The zero-order valence-corrected chi connectivity index (χ0v) is 13.7. The normalized spacial score (nSPS) is 30.2. The fourth-order valence-electron chi connectivity index (χ4n) is 3.89. The molecule has 0 bridgehead atoms. The first-order chi connectivity index (χ1) is 9.45. The van der Waals surface area contributed by atoms with Gasteiger partial charge in [-0.3, -0.25) is 10.1 Å². The highest BCUT2D eigenvalue weighted by Gasteiger charge is 2.41. The smallest absolute Gasteiger partial charge is 0.241 e. The summed E-state index contributed by atoms with van der Waals surface area (Å²) in [5.41, 5.74) is 0.343. The monoisotopic (exact) mass is 280 g/mol. The molecule has 3 nitrogen and oxygen atoms in total. The number of nitrogens with one attached hydrogen (secondary N) is 1. The number of carbonyl (C=O) groups is 1. The zero-order valence-electron chi connectivity index (χ0n) is 13.7. The van der Waals surface area contributed by atoms with Gasteiger partial charge in [-0.1, -0.05) is 47.0 Å². The van der Waals surface area contributed by atoms with E-state index in [4.69, 9.17) is 0 Å². The van der Waals surface area contributed by atoms with Gasteiger partial charge in [0.25, 0.3) is 0 Å². The van der Waals surface area contributed by atoms with Crippen LogP contribution in [0, 0.1) is 11.3 Å². The number of amides is 1. The van der Waals surface area contributed by atoms with Crippen molar-refractivity contribution in [2.75, 3.05) is 6.54 Å². The topological polar surface area (TPSA) is 32.3 Å². The van der Waals surface area contributed by atoms with Gasteiger partial charge in [0.05, 0.1) is 12.2 Å². The molecule has 0 aromatic carbocycles. The number of hydrogen-bond acceptors (Lipinski definition) is 2. The van der Waals surface area contributed by atoms with E-state index in [2.05, 4.69) is 37.9 Å². The Labute approximate surface area is 124 Å². The summed E-state index contributed by atoms with van der Waals surface area (Å²) in [6, 6.07) is 0.0483. The van der Waals surface area contributed by atoms with Gasteiger partial charge in [0.2, 0.25) is 5.91 Å². The molecular weight excluding hydrogens is 248 g/mol. The molecule has 0 aromatic heterocycles. The number of rotatable bonds is 5. The highest BCUT2D eigenvalue weighted by Crippen LogP contribution is 2.37. The van der Waals surface area contributed by atoms with E-state index in [1.807, 2.05) is 0 Å². The molecule has 0 aromatic rings. The van der Waals surface area contributed by atoms with E-state index in [0.717, 1.165) is 19.4 Å². The molecule has 2 rings (SSSR count). The van der Waals surface area contributed by atoms with Crippen LogP contribution in [0.1, 0.15) is 72.6 Å². The highest BCUT2D eigenvalue weighted by atomic mass is 16.2. The first-order valence-corrected chi connectivity index (χ1v) is 8.52. The summed E-state index contributed by atoms with van der Waals surface area (Å²) in [6.07, 6.45) is 8.82. The van der Waals surface area contributed by atoms with E-state index in [1.165, 1.54) is 32.1 Å². The molecule has 3 heteroatoms. The lowest BCUT2D eigenvalue weighted by Gasteiger charge is -2.38. The Balaban J connectivity index is 2.03. The van der Waals surface area contributed by atoms with Crippen molar-refractivity contribution in [1.82, 2.24) is 10.2 Å². The van der Waals surface area contributed by atoms with E-state index in [0.29, 0.717) is 17.2 Å². The van der Waals surface area contributed by atoms with Crippen molar-refractivity contribution >= 4 is 5.91 Å². The van der Waals surface area contributed by atoms with Crippen molar-refractivity contribution in [3.63, 3.8) is 0 Å². The van der Waals surface area contributed by atoms with Gasteiger partial charge in [0.15, 0.2) is 0 Å². The van der Waals surface area contributed by atoms with Crippen LogP contribution in [0.25, 0.3) is 0 Å². The molecule has 2 aliphatic rings. The van der Waals surface area contributed by atoms with Crippen LogP contribution in [0.5, 0.6) is 0 Å². The van der Waals surface area contributed by atoms with Crippen LogP contribution in [0.4, 0.5) is 0 Å². The summed E-state index contributed by atoms with van der Waals surface area (Å²) >= 11 is 0. The molecule has 1 N–H and O–H groups in total. The zero-order chi connectivity index (χ0) is 14.8. The predicted molar refractivity (Wildman–Crippen MR) is 83.4 cm³/mol. The first-order valence-electron chi connectivity index (χ1n) is 8.52. The van der Waals surface area contributed by atoms with Gasteiger partial charge in [-0.25, -0.2) is 0 Å². The number of hydrogen-bond donors (Lipinski definition) is 1. The molecule has 116 valence electrons. The van der Waals surface area contributed by atoms with Crippen LogP contribution >= 0.6 is 0 Å². The Bertz CT molecular complexity index is 334. The van der Waals surface area contributed by atoms with E-state index >= 15 is 0 Å². The average Bonchev–Trinajstić information content (AvgIpc) is 2.67. The van der Waals surface area contributed by atoms with Crippen LogP contribution in [0.3, 0.4) is 0 Å². The number of carbonyl (C=O) groups excluding carboxylic acids is 1. The minimum absolute atomic E-state index is 0.0483. The van der Waals surface area contributed by atoms with E-state index in [-0.39, 0.29) is 12.2 Å². The van der Waals surface area contributed by atoms with Gasteiger partial charge in [0.1, 0.15) is 0 Å². The van der Waals surface area contributed by atoms with Crippen molar-refractivity contribution in [3.05, 3.63) is 0 Å². The molecule has 20 heavy (non-hydrogen) atoms. The van der Waals surface area contributed by atoms with Crippen LogP contribution in [-0.4, -0.2) is 29.6 Å². The lowest BCUT2D eigenvalue weighted by Crippen LogP contribution is -2.44. The molecular formula is C17H32N2O. The first kappa shape index (κ1) is 15.8. The van der Waals surface area contributed by atoms with E-state index in [1.54, 1.807) is 0 Å². The Hall–Kier alpha value is -0.570. The summed E-state index contributed by atoms with van der Waals surface area (Å²) in [7, 11) is 0. The quantitative estimate of drug-likeness (QED) is 0.835. The molecule has 2 unspecified atom stereocenters. The Morgan fingerprint density at radius 2 is 1.95 bits per heavy atom. The maximum absolute atomic E-state index is 12.7. The van der Waals surface area contributed by atoms with Gasteiger partial charge in [-0.2, -0.15) is 0 Å². The van der Waals surface area contributed by atoms with Crippen LogP contribution in [0.15, 0.2) is 0 Å². The molecule has 1 aliphatic carbocycles. The Morgan fingerprint density at radius 3 is 2.50 bits per heavy atom. The molecule has 1 saturated carbocycles. The second kappa shape index (κ2) is 6.46. The average molecular weight is 280 g/mol. The summed E-state index contributed by atoms with van der Waals surface area (Å²) in [5.74, 6) is 0.913. The molecule has 0 spiro atoms. The Kier molecular flexibility index (Phi) is 5.11. The van der Waals surface area contributed by atoms with Crippen molar-refractivity contribution < 1.29 is 4.79 Å². The number of nitrogens with zero attached hydrogens (tertiary/aromatic N) is 1. The molecule has 1 saturated heterocycles. The highest BCUT2D eigenvalue weighted by molar-refractivity contribution is 5.84. The lowest BCUT2D eigenvalue weighted by atomic mass is 9.75. The SMILES string of the molecule is CCC1NC(CC(C)C)C(=O)N1CC1(C)CCCCC1. The maximum Gasteiger partial charge on any atom is 0.241 e. The summed E-state index contributed by atoms with van der Waals surface area (Å²) < 4.78 is 0. The second-order valence-corrected chi connectivity index (χ2v) is 7.61. The predicted octanol–water partition coefficient (Wildman–Crippen LogP) is 3.54. The molecule has 1 amide bonds. The second-order valence-electron chi connectivity index (χ2n) is 7.61. The molecule has 2 atom stereocenters. The fourth-order valence-corrected chi connectivity index (χ4v) is 3.89. The minimum Gasteiger partial charge on any atom is -0.325 e. The third-order valence-electron chi connectivity index (χ3n) is 5.06. The third-order valence-corrected chi connectivity index (χ3v) is 5.06. The molecule has 1 heterocycles. The lowest BCUT2D eigenvalue weighted by molar-refractivity contribution is -0.132. The van der Waals surface area contributed by atoms with Gasteiger partial charge < -0.3 is 4.90 Å². The van der Waals surface area contributed by atoms with Crippen molar-refractivity contribution in [3.8, 4) is 0 Å². The summed E-state index contributed by atoms with van der Waals surface area (Å²) in [6.45, 7) is 9.90. The molecule has 2 fully saturated rings.